The van der Waals surface area contributed by atoms with E-state index in [9.17, 15) is 4.79 Å². The van der Waals surface area contributed by atoms with E-state index in [0.29, 0.717) is 27.2 Å². The van der Waals surface area contributed by atoms with Crippen molar-refractivity contribution < 1.29 is 19.0 Å². The molecule has 0 N–H and O–H groups in total. The third-order valence-corrected chi connectivity index (χ3v) is 4.83. The van der Waals surface area contributed by atoms with Crippen LogP contribution in [0, 0.1) is 0 Å². The van der Waals surface area contributed by atoms with Crippen molar-refractivity contribution in [2.24, 2.45) is 0 Å². The van der Waals surface area contributed by atoms with Gasteiger partial charge in [-0.25, -0.2) is 9.78 Å². The van der Waals surface area contributed by atoms with Crippen molar-refractivity contribution in [3.8, 4) is 22.1 Å². The lowest BCUT2D eigenvalue weighted by molar-refractivity contribution is 0.0468. The van der Waals surface area contributed by atoms with Gasteiger partial charge in [-0.1, -0.05) is 6.07 Å². The monoisotopic (exact) mass is 434 g/mol. The minimum atomic E-state index is -0.452. The SMILES string of the molecule is COc1cccc(-c2nc(COC(=O)c3cncc(Br)c3)cs2)c1OC. The number of pyridine rings is 1. The molecule has 3 rings (SSSR count). The summed E-state index contributed by atoms with van der Waals surface area (Å²) in [5.74, 6) is 0.802. The first kappa shape index (κ1) is 18.3. The van der Waals surface area contributed by atoms with Gasteiger partial charge >= 0.3 is 5.97 Å². The van der Waals surface area contributed by atoms with Crippen LogP contribution >= 0.6 is 27.3 Å². The second kappa shape index (κ2) is 8.29. The van der Waals surface area contributed by atoms with Gasteiger partial charge in [0.15, 0.2) is 11.5 Å². The molecule has 1 aromatic carbocycles. The third kappa shape index (κ3) is 4.03. The summed E-state index contributed by atoms with van der Waals surface area (Å²) in [4.78, 5) is 20.6. The average Bonchev–Trinajstić information content (AvgIpc) is 3.14. The van der Waals surface area contributed by atoms with E-state index in [1.165, 1.54) is 17.5 Å². The average molecular weight is 435 g/mol. The molecule has 0 spiro atoms. The van der Waals surface area contributed by atoms with E-state index in [-0.39, 0.29) is 6.61 Å². The van der Waals surface area contributed by atoms with E-state index in [0.717, 1.165) is 10.6 Å². The van der Waals surface area contributed by atoms with E-state index >= 15 is 0 Å². The molecule has 0 aliphatic carbocycles. The summed E-state index contributed by atoms with van der Waals surface area (Å²) in [6.07, 6.45) is 3.06. The Morgan fingerprint density at radius 2 is 2.08 bits per heavy atom. The zero-order valence-corrected chi connectivity index (χ0v) is 16.5. The first-order valence-electron chi connectivity index (χ1n) is 7.56. The first-order chi connectivity index (χ1) is 12.6. The van der Waals surface area contributed by atoms with Gasteiger partial charge in [0.2, 0.25) is 0 Å². The highest BCUT2D eigenvalue weighted by molar-refractivity contribution is 9.10. The summed E-state index contributed by atoms with van der Waals surface area (Å²) in [7, 11) is 3.18. The fraction of sp³-hybridized carbons (Fsp3) is 0.167. The van der Waals surface area contributed by atoms with Crippen LogP contribution in [0.5, 0.6) is 11.5 Å². The molecular formula is C18H15BrN2O4S. The third-order valence-electron chi connectivity index (χ3n) is 3.48. The number of ether oxygens (including phenoxy) is 3. The van der Waals surface area contributed by atoms with Gasteiger partial charge in [-0.15, -0.1) is 11.3 Å². The molecule has 134 valence electrons. The van der Waals surface area contributed by atoms with Gasteiger partial charge in [-0.2, -0.15) is 0 Å². The Bertz CT molecular complexity index is 929. The molecule has 0 saturated carbocycles. The molecule has 0 unspecified atom stereocenters. The number of methoxy groups -OCH3 is 2. The van der Waals surface area contributed by atoms with Crippen molar-refractivity contribution in [2.75, 3.05) is 14.2 Å². The van der Waals surface area contributed by atoms with Crippen molar-refractivity contribution in [1.82, 2.24) is 9.97 Å². The summed E-state index contributed by atoms with van der Waals surface area (Å²) >= 11 is 4.72. The summed E-state index contributed by atoms with van der Waals surface area (Å²) in [6, 6.07) is 7.26. The smallest absolute Gasteiger partial charge is 0.340 e. The Kier molecular flexibility index (Phi) is 5.85. The first-order valence-corrected chi connectivity index (χ1v) is 9.23. The second-order valence-corrected chi connectivity index (χ2v) is 6.93. The molecule has 0 bridgehead atoms. The number of para-hydroxylation sites is 1. The largest absolute Gasteiger partial charge is 0.493 e. The van der Waals surface area contributed by atoms with Gasteiger partial charge in [0.25, 0.3) is 0 Å². The van der Waals surface area contributed by atoms with Crippen molar-refractivity contribution in [2.45, 2.75) is 6.61 Å². The van der Waals surface area contributed by atoms with Gasteiger partial charge in [-0.05, 0) is 34.1 Å². The van der Waals surface area contributed by atoms with E-state index in [1.807, 2.05) is 23.6 Å². The Labute approximate surface area is 162 Å². The highest BCUT2D eigenvalue weighted by Gasteiger charge is 2.15. The number of halogens is 1. The highest BCUT2D eigenvalue weighted by atomic mass is 79.9. The second-order valence-electron chi connectivity index (χ2n) is 5.15. The van der Waals surface area contributed by atoms with Crippen LogP contribution in [0.3, 0.4) is 0 Å². The van der Waals surface area contributed by atoms with Crippen LogP contribution in [0.1, 0.15) is 16.1 Å². The Hall–Kier alpha value is -2.45. The van der Waals surface area contributed by atoms with Gasteiger partial charge < -0.3 is 14.2 Å². The van der Waals surface area contributed by atoms with Gasteiger partial charge in [0.05, 0.1) is 31.0 Å². The molecule has 0 saturated heterocycles. The van der Waals surface area contributed by atoms with Crippen LogP contribution in [0.15, 0.2) is 46.5 Å². The molecule has 0 radical (unpaired) electrons. The van der Waals surface area contributed by atoms with E-state index in [2.05, 4.69) is 25.9 Å². The molecule has 8 heteroatoms. The number of esters is 1. The molecule has 2 aromatic heterocycles. The lowest BCUT2D eigenvalue weighted by Gasteiger charge is -2.10. The van der Waals surface area contributed by atoms with Crippen LogP contribution in [-0.2, 0) is 11.3 Å². The number of carbonyl (C=O) groups excluding carboxylic acids is 1. The molecule has 0 aliphatic rings. The summed E-state index contributed by atoms with van der Waals surface area (Å²) < 4.78 is 16.8. The zero-order valence-electron chi connectivity index (χ0n) is 14.1. The normalized spacial score (nSPS) is 10.4. The van der Waals surface area contributed by atoms with E-state index in [4.69, 9.17) is 14.2 Å². The summed E-state index contributed by atoms with van der Waals surface area (Å²) in [6.45, 7) is 0.0775. The minimum Gasteiger partial charge on any atom is -0.493 e. The van der Waals surface area contributed by atoms with Crippen molar-refractivity contribution in [3.63, 3.8) is 0 Å². The van der Waals surface area contributed by atoms with Crippen LogP contribution < -0.4 is 9.47 Å². The molecule has 0 amide bonds. The maximum Gasteiger partial charge on any atom is 0.340 e. The summed E-state index contributed by atoms with van der Waals surface area (Å²) in [5, 5.41) is 2.61. The lowest BCUT2D eigenvalue weighted by atomic mass is 10.2. The standard InChI is InChI=1S/C18H15BrN2O4S/c1-23-15-5-3-4-14(16(15)24-2)17-21-13(10-26-17)9-25-18(22)11-6-12(19)8-20-7-11/h3-8,10H,9H2,1-2H3. The number of benzene rings is 1. The number of rotatable bonds is 6. The molecule has 0 aliphatic heterocycles. The fourth-order valence-electron chi connectivity index (χ4n) is 2.30. The van der Waals surface area contributed by atoms with E-state index < -0.39 is 5.97 Å². The highest BCUT2D eigenvalue weighted by Crippen LogP contribution is 2.39. The van der Waals surface area contributed by atoms with E-state index in [1.54, 1.807) is 26.5 Å². The molecule has 26 heavy (non-hydrogen) atoms. The summed E-state index contributed by atoms with van der Waals surface area (Å²) in [5.41, 5.74) is 1.86. The quantitative estimate of drug-likeness (QED) is 0.537. The topological polar surface area (TPSA) is 70.5 Å². The van der Waals surface area contributed by atoms with Crippen molar-refractivity contribution in [3.05, 3.63) is 57.8 Å². The van der Waals surface area contributed by atoms with Gasteiger partial charge in [0, 0.05) is 22.2 Å². The van der Waals surface area contributed by atoms with Crippen LogP contribution in [-0.4, -0.2) is 30.2 Å². The number of thiazole rings is 1. The molecule has 2 heterocycles. The Morgan fingerprint density at radius 1 is 1.23 bits per heavy atom. The van der Waals surface area contributed by atoms with Crippen LogP contribution in [0.25, 0.3) is 10.6 Å². The Morgan fingerprint density at radius 3 is 2.81 bits per heavy atom. The van der Waals surface area contributed by atoms with Crippen molar-refractivity contribution in [1.29, 1.82) is 0 Å². The molecular weight excluding hydrogens is 420 g/mol. The predicted molar refractivity (Wildman–Crippen MR) is 102 cm³/mol. The number of nitrogens with zero attached hydrogens (tertiary/aromatic N) is 2. The number of hydrogen-bond acceptors (Lipinski definition) is 7. The number of carbonyl (C=O) groups is 1. The number of hydrogen-bond donors (Lipinski definition) is 0. The Balaban J connectivity index is 1.74. The maximum absolute atomic E-state index is 12.1. The number of aromatic nitrogens is 2. The van der Waals surface area contributed by atoms with Crippen molar-refractivity contribution >= 4 is 33.2 Å². The van der Waals surface area contributed by atoms with Gasteiger partial charge in [-0.3, -0.25) is 4.98 Å². The van der Waals surface area contributed by atoms with Crippen LogP contribution in [0.4, 0.5) is 0 Å². The maximum atomic E-state index is 12.1. The molecule has 3 aromatic rings. The predicted octanol–water partition coefficient (Wildman–Crippen LogP) is 4.34. The van der Waals surface area contributed by atoms with Gasteiger partial charge in [0.1, 0.15) is 11.6 Å². The molecule has 6 nitrogen and oxygen atoms in total. The van der Waals surface area contributed by atoms with Crippen LogP contribution in [0.2, 0.25) is 0 Å². The lowest BCUT2D eigenvalue weighted by Crippen LogP contribution is -2.05. The molecule has 0 atom stereocenters. The zero-order chi connectivity index (χ0) is 18.5. The fourth-order valence-corrected chi connectivity index (χ4v) is 3.49. The molecule has 0 fully saturated rings. The minimum absolute atomic E-state index is 0.0775.